The van der Waals surface area contributed by atoms with Gasteiger partial charge >= 0.3 is 0 Å². The largest absolute Gasteiger partial charge is 0.355 e. The van der Waals surface area contributed by atoms with Crippen LogP contribution < -0.4 is 5.32 Å². The molecule has 0 saturated carbocycles. The van der Waals surface area contributed by atoms with E-state index in [1.165, 1.54) is 15.4 Å². The van der Waals surface area contributed by atoms with Crippen molar-refractivity contribution < 1.29 is 13.2 Å². The number of aromatic nitrogens is 3. The van der Waals surface area contributed by atoms with E-state index < -0.39 is 10.0 Å². The lowest BCUT2D eigenvalue weighted by Gasteiger charge is -2.29. The summed E-state index contributed by atoms with van der Waals surface area (Å²) in [7, 11) is -1.83. The summed E-state index contributed by atoms with van der Waals surface area (Å²) in [5, 5.41) is 4.10. The van der Waals surface area contributed by atoms with Crippen LogP contribution in [0.4, 0.5) is 0 Å². The maximum Gasteiger partial charge on any atom is 0.262 e. The molecular formula is C18H27N5O3S2. The van der Waals surface area contributed by atoms with Crippen LogP contribution in [0.1, 0.15) is 34.2 Å². The molecule has 2 aromatic rings. The lowest BCUT2D eigenvalue weighted by atomic mass is 9.97. The van der Waals surface area contributed by atoms with Crippen molar-refractivity contribution in [3.05, 3.63) is 27.6 Å². The summed E-state index contributed by atoms with van der Waals surface area (Å²) in [6.07, 6.45) is 3.35. The third kappa shape index (κ3) is 4.44. The molecule has 28 heavy (non-hydrogen) atoms. The first-order chi connectivity index (χ1) is 13.2. The Morgan fingerprint density at radius 2 is 1.93 bits per heavy atom. The number of hydrogen-bond donors (Lipinski definition) is 1. The van der Waals surface area contributed by atoms with E-state index in [0.717, 1.165) is 17.1 Å². The van der Waals surface area contributed by atoms with Crippen LogP contribution in [0, 0.1) is 26.7 Å². The Kier molecular flexibility index (Phi) is 6.21. The predicted octanol–water partition coefficient (Wildman–Crippen LogP) is 1.56. The van der Waals surface area contributed by atoms with Crippen LogP contribution >= 0.6 is 11.3 Å². The number of hydrogen-bond acceptors (Lipinski definition) is 6. The molecule has 3 heterocycles. The highest BCUT2D eigenvalue weighted by atomic mass is 32.2. The van der Waals surface area contributed by atoms with E-state index in [1.807, 2.05) is 13.8 Å². The molecule has 2 aromatic heterocycles. The van der Waals surface area contributed by atoms with Crippen LogP contribution in [-0.4, -0.2) is 52.8 Å². The first-order valence-corrected chi connectivity index (χ1v) is 11.6. The van der Waals surface area contributed by atoms with Crippen LogP contribution in [-0.2, 0) is 28.3 Å². The van der Waals surface area contributed by atoms with Crippen molar-refractivity contribution in [1.29, 1.82) is 0 Å². The van der Waals surface area contributed by atoms with E-state index in [1.54, 1.807) is 29.9 Å². The topological polar surface area (TPSA) is 97.2 Å². The van der Waals surface area contributed by atoms with E-state index in [4.69, 9.17) is 0 Å². The molecule has 0 aliphatic carbocycles. The monoisotopic (exact) mass is 425 g/mol. The maximum atomic E-state index is 12.7. The molecule has 0 atom stereocenters. The Labute approximate surface area is 170 Å². The predicted molar refractivity (Wildman–Crippen MR) is 108 cm³/mol. The first kappa shape index (κ1) is 20.9. The van der Waals surface area contributed by atoms with Crippen LogP contribution in [0.2, 0.25) is 0 Å². The standard InChI is InChI=1S/C18H27N5O3S2/c1-12-16(27-14(3)20-12)5-8-19-18(24)15-6-9-23(10-7-15)28(25,26)17-11-22(4)13(2)21-17/h11,15H,5-10H2,1-4H3,(H,19,24). The van der Waals surface area contributed by atoms with Gasteiger partial charge in [-0.3, -0.25) is 4.79 Å². The molecule has 8 nitrogen and oxygen atoms in total. The van der Waals surface area contributed by atoms with Crippen LogP contribution in [0.5, 0.6) is 0 Å². The second kappa shape index (κ2) is 8.30. The summed E-state index contributed by atoms with van der Waals surface area (Å²) >= 11 is 1.66. The van der Waals surface area contributed by atoms with Gasteiger partial charge < -0.3 is 9.88 Å². The molecule has 10 heteroatoms. The van der Waals surface area contributed by atoms with Crippen molar-refractivity contribution in [2.45, 2.75) is 45.1 Å². The van der Waals surface area contributed by atoms with Crippen molar-refractivity contribution in [3.63, 3.8) is 0 Å². The molecule has 1 aliphatic heterocycles. The molecule has 3 rings (SSSR count). The van der Waals surface area contributed by atoms with Crippen LogP contribution in [0.15, 0.2) is 11.2 Å². The Balaban J connectivity index is 1.50. The maximum absolute atomic E-state index is 12.7. The third-order valence-corrected chi connectivity index (χ3v) is 8.07. The average molecular weight is 426 g/mol. The number of nitrogens with one attached hydrogen (secondary N) is 1. The zero-order valence-corrected chi connectivity index (χ0v) is 18.4. The number of thiazole rings is 1. The quantitative estimate of drug-likeness (QED) is 0.758. The highest BCUT2D eigenvalue weighted by Gasteiger charge is 2.33. The minimum atomic E-state index is -3.60. The Morgan fingerprint density at radius 1 is 1.25 bits per heavy atom. The van der Waals surface area contributed by atoms with Gasteiger partial charge in [-0.05, 0) is 33.6 Å². The van der Waals surface area contributed by atoms with Crippen molar-refractivity contribution in [2.24, 2.45) is 13.0 Å². The fourth-order valence-corrected chi connectivity index (χ4v) is 5.82. The van der Waals surface area contributed by atoms with Crippen molar-refractivity contribution in [1.82, 2.24) is 24.2 Å². The van der Waals surface area contributed by atoms with Crippen molar-refractivity contribution >= 4 is 27.3 Å². The summed E-state index contributed by atoms with van der Waals surface area (Å²) in [6.45, 7) is 6.98. The Morgan fingerprint density at radius 3 is 2.46 bits per heavy atom. The zero-order valence-electron chi connectivity index (χ0n) is 16.7. The number of rotatable bonds is 6. The number of sulfonamides is 1. The molecule has 1 fully saturated rings. The molecule has 1 saturated heterocycles. The van der Waals surface area contributed by atoms with E-state index in [-0.39, 0.29) is 16.9 Å². The van der Waals surface area contributed by atoms with Crippen molar-refractivity contribution in [2.75, 3.05) is 19.6 Å². The van der Waals surface area contributed by atoms with Gasteiger partial charge in [0.15, 0.2) is 5.03 Å². The van der Waals surface area contributed by atoms with E-state index >= 15 is 0 Å². The molecule has 154 valence electrons. The van der Waals surface area contributed by atoms with Crippen molar-refractivity contribution in [3.8, 4) is 0 Å². The van der Waals surface area contributed by atoms with Crippen LogP contribution in [0.25, 0.3) is 0 Å². The fourth-order valence-electron chi connectivity index (χ4n) is 3.39. The van der Waals surface area contributed by atoms with E-state index in [9.17, 15) is 13.2 Å². The SMILES string of the molecule is Cc1nc(C)c(CCNC(=O)C2CCN(S(=O)(=O)c3cn(C)c(C)n3)CC2)s1. The molecule has 1 aliphatic rings. The third-order valence-electron chi connectivity index (χ3n) is 5.17. The van der Waals surface area contributed by atoms with E-state index in [2.05, 4.69) is 15.3 Å². The van der Waals surface area contributed by atoms with Gasteiger partial charge in [0.05, 0.1) is 10.7 Å². The Bertz CT molecular complexity index is 937. The first-order valence-electron chi connectivity index (χ1n) is 9.39. The summed E-state index contributed by atoms with van der Waals surface area (Å²) < 4.78 is 28.6. The minimum Gasteiger partial charge on any atom is -0.355 e. The average Bonchev–Trinajstić information content (AvgIpc) is 3.16. The summed E-state index contributed by atoms with van der Waals surface area (Å²) in [5.74, 6) is 0.505. The summed E-state index contributed by atoms with van der Waals surface area (Å²) in [5.41, 5.74) is 1.03. The highest BCUT2D eigenvalue weighted by molar-refractivity contribution is 7.89. The number of imidazole rings is 1. The van der Waals surface area contributed by atoms with E-state index in [0.29, 0.717) is 38.3 Å². The Hall–Kier alpha value is -1.78. The molecule has 0 unspecified atom stereocenters. The van der Waals surface area contributed by atoms with Crippen LogP contribution in [0.3, 0.4) is 0 Å². The number of carbonyl (C=O) groups excluding carboxylic acids is 1. The smallest absolute Gasteiger partial charge is 0.262 e. The lowest BCUT2D eigenvalue weighted by molar-refractivity contribution is -0.126. The minimum absolute atomic E-state index is 0.00428. The highest BCUT2D eigenvalue weighted by Crippen LogP contribution is 2.24. The number of carbonyl (C=O) groups is 1. The number of piperidine rings is 1. The number of amides is 1. The second-order valence-electron chi connectivity index (χ2n) is 7.20. The van der Waals surface area contributed by atoms with Gasteiger partial charge in [-0.25, -0.2) is 18.4 Å². The summed E-state index contributed by atoms with van der Waals surface area (Å²) in [4.78, 5) is 22.2. The molecule has 0 radical (unpaired) electrons. The summed E-state index contributed by atoms with van der Waals surface area (Å²) in [6, 6.07) is 0. The number of nitrogens with zero attached hydrogens (tertiary/aromatic N) is 4. The lowest BCUT2D eigenvalue weighted by Crippen LogP contribution is -2.43. The molecule has 0 aromatic carbocycles. The fraction of sp³-hybridized carbons (Fsp3) is 0.611. The molecule has 1 amide bonds. The molecule has 0 spiro atoms. The van der Waals surface area contributed by atoms with Gasteiger partial charge in [0, 0.05) is 50.1 Å². The van der Waals surface area contributed by atoms with Gasteiger partial charge in [0.2, 0.25) is 5.91 Å². The van der Waals surface area contributed by atoms with Gasteiger partial charge in [-0.2, -0.15) is 4.31 Å². The van der Waals surface area contributed by atoms with Gasteiger partial charge in [-0.15, -0.1) is 11.3 Å². The molecule has 0 bridgehead atoms. The molecule has 1 N–H and O–H groups in total. The zero-order chi connectivity index (χ0) is 20.5. The van der Waals surface area contributed by atoms with Gasteiger partial charge in [0.1, 0.15) is 5.82 Å². The second-order valence-corrected chi connectivity index (χ2v) is 10.4. The number of aryl methyl sites for hydroxylation is 4. The normalized spacial score (nSPS) is 16.4. The van der Waals surface area contributed by atoms with Gasteiger partial charge in [-0.1, -0.05) is 0 Å². The van der Waals surface area contributed by atoms with Gasteiger partial charge in [0.25, 0.3) is 10.0 Å². The molecular weight excluding hydrogens is 398 g/mol.